The minimum absolute atomic E-state index is 0.181. The molecular formula is C25H125FN5O3P97S. The number of sulfone groups is 1. The van der Waals surface area contributed by atoms with E-state index in [0.717, 1.165) is 19.1 Å². The smallest absolute Gasteiger partial charge is 0.189 e. The molecule has 0 bridgehead atoms. The second-order valence-electron chi connectivity index (χ2n) is 23.6. The zero-order chi connectivity index (χ0) is 102. The molecule has 0 radical (unpaired) electrons. The average molecular weight is 3600 g/mol. The van der Waals surface area contributed by atoms with E-state index >= 15 is 0 Å². The zero-order valence-corrected chi connectivity index (χ0v) is 170. The van der Waals surface area contributed by atoms with Crippen molar-refractivity contribution < 1.29 is 17.3 Å². The van der Waals surface area contributed by atoms with Gasteiger partial charge in [0, 0.05) is 23.7 Å². The molecule has 0 amide bonds. The number of anilines is 1. The van der Waals surface area contributed by atoms with Crippen LogP contribution in [0.1, 0.15) is 25.8 Å². The Bertz CT molecular complexity index is 3630. The van der Waals surface area contributed by atoms with Crippen LogP contribution in [0.3, 0.4) is 0 Å². The van der Waals surface area contributed by atoms with Gasteiger partial charge >= 0.3 is 0 Å². The number of nitrogens with one attached hydrogen (secondary N) is 1. The lowest BCUT2D eigenvalue weighted by Crippen LogP contribution is -2.16. The van der Waals surface area contributed by atoms with E-state index < -0.39 is 329 Å². The van der Waals surface area contributed by atoms with Crippen LogP contribution in [0.4, 0.5) is 10.2 Å². The number of nitrogens with two attached hydrogens (primary N) is 1. The van der Waals surface area contributed by atoms with Crippen molar-refractivity contribution in [1.82, 2.24) is 20.4 Å². The highest BCUT2D eigenvalue weighted by atomic mass is 33.7. The molecule has 0 spiro atoms. The molecule has 132 heavy (non-hydrogen) atoms. The molecule has 55 atom stereocenters. The first-order valence-corrected chi connectivity index (χ1v) is 212. The van der Waals surface area contributed by atoms with Crippen molar-refractivity contribution in [3.8, 4) is 34.0 Å². The van der Waals surface area contributed by atoms with Crippen LogP contribution in [-0.4, -0.2) is 35.6 Å². The Hall–Kier alpha value is 38.1. The number of halogens is 1. The van der Waals surface area contributed by atoms with E-state index in [0.29, 0.717) is 41.4 Å². The second kappa shape index (κ2) is 87.2. The Morgan fingerprint density at radius 2 is 0.576 bits per heavy atom. The van der Waals surface area contributed by atoms with Crippen LogP contribution < -0.4 is 11.1 Å². The lowest BCUT2D eigenvalue weighted by atomic mass is 10.1. The van der Waals surface area contributed by atoms with Gasteiger partial charge in [-0.05, 0) is 359 Å². The summed E-state index contributed by atoms with van der Waals surface area (Å²) in [4.78, 5) is 9.10. The van der Waals surface area contributed by atoms with Crippen molar-refractivity contribution in [2.75, 3.05) is 12.5 Å². The van der Waals surface area contributed by atoms with Crippen LogP contribution in [0, 0.1) is 0 Å². The quantitative estimate of drug-likeness (QED) is 0.0331. The summed E-state index contributed by atoms with van der Waals surface area (Å²) >= 11 is 0. The number of rotatable bonds is 56. The van der Waals surface area contributed by atoms with E-state index in [2.05, 4.69) is 458 Å². The molecule has 0 saturated carbocycles. The molecule has 0 saturated heterocycles. The molecule has 2 aromatic heterocycles. The predicted octanol–water partition coefficient (Wildman–Crippen LogP) is 61.7. The first-order chi connectivity index (χ1) is 61.0. The highest BCUT2D eigenvalue weighted by molar-refractivity contribution is 9.60. The molecule has 4 rings (SSSR count). The highest BCUT2D eigenvalue weighted by Gasteiger charge is 2.67. The summed E-state index contributed by atoms with van der Waals surface area (Å²) in [6.07, 6.45) is 2.06. The lowest BCUT2D eigenvalue weighted by molar-refractivity contribution is 0.424. The van der Waals surface area contributed by atoms with E-state index in [1.54, 1.807) is 37.3 Å². The van der Waals surface area contributed by atoms with Crippen LogP contribution in [0.2, 0.25) is 0 Å². The minimum Gasteiger partial charge on any atom is -0.382 e. The SMILES string of the molecule is CCC(C)S(=O)(=O)c1ccc(-c2cnc(N)c(-c3cc(-c4ccc(CNCF)cc4)no3)n2)cc1.PPP(P(P)P)P(P(P)P)P(P(P(P)P)P(P)P)P(P(P(P(P)P)P(P)P)P(P(P)P)P(P)P)P(P(P(P(P(P)P)P(P)P)P(P(P)P)P(P)P)P(P(P(P)P)P(P)P)P(P(P)P)P(P)P)P(P(P(P(P)P)P(P)P)P(P(P)P)P(P)P)P(P(P(P)P)P(P)P)P(P(P)P)P(P)P. The van der Waals surface area contributed by atoms with E-state index in [1.807, 2.05) is 31.2 Å². The first-order valence-electron chi connectivity index (χ1n) is 33.2. The van der Waals surface area contributed by atoms with Crippen LogP contribution in [-0.2, 0) is 16.4 Å². The van der Waals surface area contributed by atoms with Gasteiger partial charge in [-0.1, -0.05) is 56.4 Å². The predicted molar refractivity (Wildman–Crippen MR) is 942 cm³/mol. The van der Waals surface area contributed by atoms with Crippen molar-refractivity contribution in [1.29, 1.82) is 0 Å². The zero-order valence-electron chi connectivity index (χ0n) is 69.2. The third-order valence-electron chi connectivity index (χ3n) is 14.4. The van der Waals surface area contributed by atoms with Crippen molar-refractivity contribution in [2.45, 2.75) is 37.0 Å². The maximum absolute atomic E-state index is 12.6. The summed E-state index contributed by atoms with van der Waals surface area (Å²) in [6.45, 7) is -17.0. The fourth-order valence-electron chi connectivity index (χ4n) is 9.46. The van der Waals surface area contributed by atoms with E-state index in [1.165, 1.54) is 6.20 Å². The molecule has 0 aliphatic carbocycles. The molecule has 0 fully saturated rings. The summed E-state index contributed by atoms with van der Waals surface area (Å²) in [5.74, 6) is 0.533. The number of alkyl halides is 1. The Labute approximate surface area is 962 Å². The van der Waals surface area contributed by atoms with Gasteiger partial charge in [0.05, 0.1) is 22.0 Å². The van der Waals surface area contributed by atoms with Crippen molar-refractivity contribution in [3.63, 3.8) is 0 Å². The van der Waals surface area contributed by atoms with Gasteiger partial charge in [-0.3, -0.25) is 5.32 Å². The monoisotopic (exact) mass is 3600 g/mol. The molecule has 4 aromatic rings. The summed E-state index contributed by atoms with van der Waals surface area (Å²) in [5, 5.41) is 6.29. The van der Waals surface area contributed by atoms with Gasteiger partial charge < -0.3 is 10.3 Å². The fraction of sp³-hybridized carbons (Fsp3) is 0.240. The van der Waals surface area contributed by atoms with E-state index in [4.69, 9.17) is 10.3 Å². The number of nitrogens with zero attached hydrogens (tertiary/aromatic N) is 3. The van der Waals surface area contributed by atoms with Crippen LogP contribution in [0.15, 0.2) is 70.2 Å². The Kier molecular flexibility index (Phi) is 108. The summed E-state index contributed by atoms with van der Waals surface area (Å²) in [7, 11) is 183. The molecule has 766 valence electrons. The van der Waals surface area contributed by atoms with Crippen molar-refractivity contribution in [3.05, 3.63) is 66.4 Å². The molecule has 0 aliphatic rings. The summed E-state index contributed by atoms with van der Waals surface area (Å²) < 4.78 is 43.0. The molecule has 55 unspecified atom stereocenters. The number of nitrogen functional groups attached to an aromatic ring is 1. The third kappa shape index (κ3) is 53.5. The van der Waals surface area contributed by atoms with Crippen molar-refractivity contribution >= 4 is 790 Å². The van der Waals surface area contributed by atoms with Gasteiger partial charge in [-0.15, -0.1) is 437 Å². The van der Waals surface area contributed by atoms with Crippen LogP contribution in [0.5, 0.6) is 0 Å². The molecule has 2 aromatic carbocycles. The summed E-state index contributed by atoms with van der Waals surface area (Å²) in [5.41, 5.74) is 9.97. The number of hydrogen-bond acceptors (Lipinski definition) is 8. The van der Waals surface area contributed by atoms with Gasteiger partial charge in [0.2, 0.25) is 0 Å². The Morgan fingerprint density at radius 3 is 0.795 bits per heavy atom. The van der Waals surface area contributed by atoms with Crippen LogP contribution >= 0.6 is 774 Å². The molecule has 8 nitrogen and oxygen atoms in total. The molecule has 107 heteroatoms. The third-order valence-corrected chi connectivity index (χ3v) is 706. The normalized spacial score (nSPS) is 15.1. The number of hydrogen-bond donors (Lipinski definition) is 2. The summed E-state index contributed by atoms with van der Waals surface area (Å²) in [6, 6.07) is 15.8. The Balaban J connectivity index is 0.00000105. The highest BCUT2D eigenvalue weighted by Crippen LogP contribution is 3.54. The fourth-order valence-corrected chi connectivity index (χ4v) is 1450. The second-order valence-corrected chi connectivity index (χ2v) is 427. The molecular weight excluding hydrogens is 3470 g/mol. The van der Waals surface area contributed by atoms with Gasteiger partial charge in [-0.25, -0.2) is 22.8 Å². The molecule has 2 heterocycles. The number of aromatic nitrogens is 3. The standard InChI is InChI=1S/C25H26FN5O3S.H99P97/c1-3-16(2)35(32,33)20-10-8-19(9-11-20)22-14-29-25(27)24(30-22)23-12-21(31-34-23)18-6-4-17(5-7-18)13-28-15-26;1-50-75(51(2)3)87(74(48)49)93(86(72(44)45)73(46)47)96(92(84(68(36)37)69(38)39)85(70(40)41)71(42)43)97(94(88(76(52(4)5)53(6)7)77(54(8)9)55(10)11)89(78(56(12)13)57(14)15)79(58(16)17)59(18)19)95(90(80(60(20)21)61(22)23)81(62(24)25)63(26)27)91(82(64(28)29)65(30)31)83(66(32)33)67(34)35/h4-12,14,16,28H,3,13,15H2,1-2H3,(H2,27,29);50H,1-49H2. The van der Waals surface area contributed by atoms with Crippen molar-refractivity contribution in [2.24, 2.45) is 0 Å². The van der Waals surface area contributed by atoms with E-state index in [-0.39, 0.29) is 31.7 Å². The van der Waals surface area contributed by atoms with E-state index in [9.17, 15) is 12.8 Å². The minimum atomic E-state index is -3.38. The maximum Gasteiger partial charge on any atom is 0.189 e. The topological polar surface area (TPSA) is 124 Å². The maximum atomic E-state index is 12.6. The van der Waals surface area contributed by atoms with Gasteiger partial charge in [0.15, 0.2) is 27.1 Å². The molecule has 3 N–H and O–H groups in total. The Morgan fingerprint density at radius 1 is 0.348 bits per heavy atom. The largest absolute Gasteiger partial charge is 0.382 e. The first kappa shape index (κ1) is 164. The molecule has 0 aliphatic heterocycles. The lowest BCUT2D eigenvalue weighted by Gasteiger charge is -2.64. The average Bonchev–Trinajstić information content (AvgIpc) is 0.774. The van der Waals surface area contributed by atoms with Gasteiger partial charge in [0.1, 0.15) is 12.5 Å². The number of benzene rings is 2. The van der Waals surface area contributed by atoms with Crippen LogP contribution in [0.25, 0.3) is 34.0 Å². The van der Waals surface area contributed by atoms with Gasteiger partial charge in [0.25, 0.3) is 0 Å². The van der Waals surface area contributed by atoms with Gasteiger partial charge in [-0.2, -0.15) is 0 Å².